The third-order valence-corrected chi connectivity index (χ3v) is 3.64. The minimum Gasteiger partial charge on any atom is -0.312 e. The standard InChI is InChI=1S/C13H17NOS/c1-2-10-3-5-12(6-4-10)14-8-11(9-16)7-13(14)15/h3-6,11,16H,2,7-9H2,1H3. The molecule has 1 heterocycles. The lowest BCUT2D eigenvalue weighted by Gasteiger charge is -2.16. The lowest BCUT2D eigenvalue weighted by atomic mass is 10.1. The third-order valence-electron chi connectivity index (χ3n) is 3.12. The minimum absolute atomic E-state index is 0.225. The van der Waals surface area contributed by atoms with Gasteiger partial charge in [0.05, 0.1) is 0 Å². The molecule has 16 heavy (non-hydrogen) atoms. The molecule has 1 aromatic rings. The Balaban J connectivity index is 2.15. The first-order valence-electron chi connectivity index (χ1n) is 5.74. The summed E-state index contributed by atoms with van der Waals surface area (Å²) < 4.78 is 0. The molecule has 0 aliphatic carbocycles. The minimum atomic E-state index is 0.225. The Kier molecular flexibility index (Phi) is 3.54. The predicted molar refractivity (Wildman–Crippen MR) is 70.1 cm³/mol. The van der Waals surface area contributed by atoms with E-state index in [0.29, 0.717) is 12.3 Å². The second-order valence-corrected chi connectivity index (χ2v) is 4.64. The zero-order valence-corrected chi connectivity index (χ0v) is 10.4. The van der Waals surface area contributed by atoms with E-state index in [0.717, 1.165) is 24.4 Å². The van der Waals surface area contributed by atoms with Crippen LogP contribution in [-0.4, -0.2) is 18.2 Å². The van der Waals surface area contributed by atoms with Gasteiger partial charge in [0.15, 0.2) is 0 Å². The first kappa shape index (κ1) is 11.5. The topological polar surface area (TPSA) is 20.3 Å². The maximum atomic E-state index is 11.8. The van der Waals surface area contributed by atoms with Crippen molar-refractivity contribution in [1.29, 1.82) is 0 Å². The van der Waals surface area contributed by atoms with Crippen molar-refractivity contribution in [1.82, 2.24) is 0 Å². The Morgan fingerprint density at radius 2 is 2.06 bits per heavy atom. The van der Waals surface area contributed by atoms with Gasteiger partial charge in [0.25, 0.3) is 0 Å². The van der Waals surface area contributed by atoms with Crippen molar-refractivity contribution >= 4 is 24.2 Å². The van der Waals surface area contributed by atoms with Gasteiger partial charge in [0.2, 0.25) is 5.91 Å². The van der Waals surface area contributed by atoms with Crippen molar-refractivity contribution in [3.05, 3.63) is 29.8 Å². The van der Waals surface area contributed by atoms with Crippen LogP contribution in [0.5, 0.6) is 0 Å². The first-order valence-corrected chi connectivity index (χ1v) is 6.38. The highest BCUT2D eigenvalue weighted by Gasteiger charge is 2.29. The summed E-state index contributed by atoms with van der Waals surface area (Å²) in [4.78, 5) is 13.7. The fourth-order valence-electron chi connectivity index (χ4n) is 2.06. The average Bonchev–Trinajstić information content (AvgIpc) is 2.71. The van der Waals surface area contributed by atoms with E-state index in [-0.39, 0.29) is 5.91 Å². The second-order valence-electron chi connectivity index (χ2n) is 4.28. The number of thiol groups is 1. The number of nitrogens with zero attached hydrogens (tertiary/aromatic N) is 1. The molecule has 3 heteroatoms. The summed E-state index contributed by atoms with van der Waals surface area (Å²) in [5.41, 5.74) is 2.33. The Morgan fingerprint density at radius 1 is 1.38 bits per heavy atom. The number of aryl methyl sites for hydroxylation is 1. The Hall–Kier alpha value is -0.960. The monoisotopic (exact) mass is 235 g/mol. The molecule has 0 aromatic heterocycles. The van der Waals surface area contributed by atoms with Gasteiger partial charge in [0.1, 0.15) is 0 Å². The number of anilines is 1. The van der Waals surface area contributed by atoms with E-state index < -0.39 is 0 Å². The number of hydrogen-bond donors (Lipinski definition) is 1. The summed E-state index contributed by atoms with van der Waals surface area (Å²) in [5.74, 6) is 1.42. The fraction of sp³-hybridized carbons (Fsp3) is 0.462. The molecule has 1 fully saturated rings. The molecule has 0 spiro atoms. The summed E-state index contributed by atoms with van der Waals surface area (Å²) in [5, 5.41) is 0. The van der Waals surface area contributed by atoms with Crippen molar-refractivity contribution < 1.29 is 4.79 Å². The molecule has 1 amide bonds. The molecule has 1 aliphatic rings. The van der Waals surface area contributed by atoms with Gasteiger partial charge in [-0.05, 0) is 35.8 Å². The summed E-state index contributed by atoms with van der Waals surface area (Å²) in [6, 6.07) is 8.27. The molecule has 1 aromatic carbocycles. The van der Waals surface area contributed by atoms with Gasteiger partial charge in [-0.2, -0.15) is 12.6 Å². The van der Waals surface area contributed by atoms with Crippen molar-refractivity contribution in [2.75, 3.05) is 17.2 Å². The maximum absolute atomic E-state index is 11.8. The number of benzene rings is 1. The van der Waals surface area contributed by atoms with E-state index in [1.165, 1.54) is 5.56 Å². The van der Waals surface area contributed by atoms with Gasteiger partial charge in [-0.1, -0.05) is 19.1 Å². The molecular weight excluding hydrogens is 218 g/mol. The fourth-order valence-corrected chi connectivity index (χ4v) is 2.31. The van der Waals surface area contributed by atoms with E-state index in [1.807, 2.05) is 17.0 Å². The van der Waals surface area contributed by atoms with E-state index in [1.54, 1.807) is 0 Å². The molecule has 2 nitrogen and oxygen atoms in total. The van der Waals surface area contributed by atoms with Crippen molar-refractivity contribution in [3.63, 3.8) is 0 Å². The van der Waals surface area contributed by atoms with Crippen LogP contribution >= 0.6 is 12.6 Å². The SMILES string of the molecule is CCc1ccc(N2CC(CS)CC2=O)cc1. The average molecular weight is 235 g/mol. The molecule has 1 saturated heterocycles. The molecule has 86 valence electrons. The highest BCUT2D eigenvalue weighted by atomic mass is 32.1. The molecular formula is C13H17NOS. The molecule has 0 bridgehead atoms. The molecule has 0 N–H and O–H groups in total. The quantitative estimate of drug-likeness (QED) is 0.798. The van der Waals surface area contributed by atoms with Crippen LogP contribution in [0.4, 0.5) is 5.69 Å². The Morgan fingerprint density at radius 3 is 2.56 bits per heavy atom. The lowest BCUT2D eigenvalue weighted by Crippen LogP contribution is -2.24. The van der Waals surface area contributed by atoms with E-state index in [4.69, 9.17) is 0 Å². The summed E-state index contributed by atoms with van der Waals surface area (Å²) in [7, 11) is 0. The number of hydrogen-bond acceptors (Lipinski definition) is 2. The van der Waals surface area contributed by atoms with Crippen LogP contribution < -0.4 is 4.90 Å². The number of carbonyl (C=O) groups excluding carboxylic acids is 1. The van der Waals surface area contributed by atoms with Crippen LogP contribution in [0, 0.1) is 5.92 Å². The van der Waals surface area contributed by atoms with Crippen LogP contribution in [0.2, 0.25) is 0 Å². The highest BCUT2D eigenvalue weighted by Crippen LogP contribution is 2.25. The molecule has 2 rings (SSSR count). The molecule has 0 saturated carbocycles. The van der Waals surface area contributed by atoms with Crippen LogP contribution in [0.15, 0.2) is 24.3 Å². The van der Waals surface area contributed by atoms with E-state index in [9.17, 15) is 4.79 Å². The van der Waals surface area contributed by atoms with Crippen molar-refractivity contribution in [2.24, 2.45) is 5.92 Å². The molecule has 1 unspecified atom stereocenters. The lowest BCUT2D eigenvalue weighted by molar-refractivity contribution is -0.117. The van der Waals surface area contributed by atoms with E-state index >= 15 is 0 Å². The van der Waals surface area contributed by atoms with Gasteiger partial charge in [-0.25, -0.2) is 0 Å². The van der Waals surface area contributed by atoms with Crippen LogP contribution in [0.25, 0.3) is 0 Å². The van der Waals surface area contributed by atoms with E-state index in [2.05, 4.69) is 31.7 Å². The van der Waals surface area contributed by atoms with Crippen LogP contribution in [0.3, 0.4) is 0 Å². The van der Waals surface area contributed by atoms with Gasteiger partial charge >= 0.3 is 0 Å². The van der Waals surface area contributed by atoms with Crippen LogP contribution in [0.1, 0.15) is 18.9 Å². The second kappa shape index (κ2) is 4.91. The summed E-state index contributed by atoms with van der Waals surface area (Å²) >= 11 is 4.26. The highest BCUT2D eigenvalue weighted by molar-refractivity contribution is 7.80. The predicted octanol–water partition coefficient (Wildman–Crippen LogP) is 2.53. The van der Waals surface area contributed by atoms with Gasteiger partial charge in [-0.15, -0.1) is 0 Å². The summed E-state index contributed by atoms with van der Waals surface area (Å²) in [6.07, 6.45) is 1.67. The van der Waals surface area contributed by atoms with Crippen molar-refractivity contribution in [2.45, 2.75) is 19.8 Å². The van der Waals surface area contributed by atoms with Gasteiger partial charge in [0, 0.05) is 18.7 Å². The van der Waals surface area contributed by atoms with Crippen LogP contribution in [-0.2, 0) is 11.2 Å². The number of rotatable bonds is 3. The summed E-state index contributed by atoms with van der Waals surface area (Å²) in [6.45, 7) is 2.95. The number of amides is 1. The third kappa shape index (κ3) is 2.24. The molecule has 1 atom stereocenters. The smallest absolute Gasteiger partial charge is 0.227 e. The number of carbonyl (C=O) groups is 1. The largest absolute Gasteiger partial charge is 0.312 e. The molecule has 1 aliphatic heterocycles. The Bertz CT molecular complexity index is 374. The first-order chi connectivity index (χ1) is 7.74. The molecule has 0 radical (unpaired) electrons. The van der Waals surface area contributed by atoms with Crippen molar-refractivity contribution in [3.8, 4) is 0 Å². The zero-order chi connectivity index (χ0) is 11.5. The Labute approximate surface area is 102 Å². The van der Waals surface area contributed by atoms with Gasteiger partial charge < -0.3 is 4.90 Å². The normalized spacial score (nSPS) is 20.5. The maximum Gasteiger partial charge on any atom is 0.227 e. The zero-order valence-electron chi connectivity index (χ0n) is 9.52. The van der Waals surface area contributed by atoms with Gasteiger partial charge in [-0.3, -0.25) is 4.79 Å².